The number of benzene rings is 1. The van der Waals surface area contributed by atoms with Gasteiger partial charge in [0, 0.05) is 0 Å². The molecule has 2 atom stereocenters. The van der Waals surface area contributed by atoms with E-state index < -0.39 is 11.7 Å². The van der Waals surface area contributed by atoms with Crippen molar-refractivity contribution in [1.29, 1.82) is 0 Å². The van der Waals surface area contributed by atoms with Gasteiger partial charge in [-0.2, -0.15) is 0 Å². The van der Waals surface area contributed by atoms with Gasteiger partial charge in [-0.25, -0.2) is 0 Å². The van der Waals surface area contributed by atoms with Gasteiger partial charge in [0.25, 0.3) is 0 Å². The molecular formula is C15H24O3. The van der Waals surface area contributed by atoms with Crippen molar-refractivity contribution in [3.8, 4) is 5.75 Å². The molecule has 18 heavy (non-hydrogen) atoms. The normalized spacial score (nSPS) is 16.4. The van der Waals surface area contributed by atoms with Crippen LogP contribution in [0.25, 0.3) is 0 Å². The van der Waals surface area contributed by atoms with Gasteiger partial charge in [-0.05, 0) is 49.9 Å². The van der Waals surface area contributed by atoms with Crippen molar-refractivity contribution in [2.75, 3.05) is 6.61 Å². The first-order chi connectivity index (χ1) is 8.24. The Morgan fingerprint density at radius 3 is 2.33 bits per heavy atom. The van der Waals surface area contributed by atoms with Gasteiger partial charge < -0.3 is 14.9 Å². The standard InChI is InChI=1S/C15H24O3/c1-10(2)15(5,17)9-18-14-7-6-13(12(4)16)8-11(14)3/h6-8,10,12,16-17H,9H2,1-5H3/t12-,15?/m1/s1. The van der Waals surface area contributed by atoms with E-state index in [0.29, 0.717) is 0 Å². The van der Waals surface area contributed by atoms with Crippen LogP contribution < -0.4 is 4.74 Å². The van der Waals surface area contributed by atoms with Crippen LogP contribution in [0.1, 0.15) is 44.9 Å². The number of hydrogen-bond acceptors (Lipinski definition) is 3. The molecule has 0 aliphatic carbocycles. The summed E-state index contributed by atoms with van der Waals surface area (Å²) in [5, 5.41) is 19.6. The Bertz CT molecular complexity index is 395. The van der Waals surface area contributed by atoms with E-state index in [1.165, 1.54) is 0 Å². The van der Waals surface area contributed by atoms with E-state index >= 15 is 0 Å². The zero-order valence-corrected chi connectivity index (χ0v) is 11.9. The van der Waals surface area contributed by atoms with E-state index in [1.54, 1.807) is 13.8 Å². The first-order valence-corrected chi connectivity index (χ1v) is 6.38. The molecule has 0 fully saturated rings. The zero-order valence-electron chi connectivity index (χ0n) is 11.9. The van der Waals surface area contributed by atoms with Crippen LogP contribution in [-0.4, -0.2) is 22.4 Å². The Kier molecular flexibility index (Phi) is 4.77. The van der Waals surface area contributed by atoms with E-state index in [-0.39, 0.29) is 12.5 Å². The molecule has 0 aliphatic rings. The molecule has 3 heteroatoms. The summed E-state index contributed by atoms with van der Waals surface area (Å²) >= 11 is 0. The molecule has 1 rings (SSSR count). The van der Waals surface area contributed by atoms with Crippen molar-refractivity contribution in [2.24, 2.45) is 5.92 Å². The molecule has 1 aromatic carbocycles. The van der Waals surface area contributed by atoms with E-state index in [0.717, 1.165) is 16.9 Å². The maximum atomic E-state index is 10.1. The van der Waals surface area contributed by atoms with Crippen LogP contribution in [0.3, 0.4) is 0 Å². The lowest BCUT2D eigenvalue weighted by molar-refractivity contribution is -0.0268. The van der Waals surface area contributed by atoms with E-state index in [4.69, 9.17) is 4.74 Å². The average molecular weight is 252 g/mol. The van der Waals surface area contributed by atoms with Crippen molar-refractivity contribution < 1.29 is 14.9 Å². The molecular weight excluding hydrogens is 228 g/mol. The van der Waals surface area contributed by atoms with Crippen molar-refractivity contribution in [1.82, 2.24) is 0 Å². The predicted octanol–water partition coefficient (Wildman–Crippen LogP) is 2.83. The number of aliphatic hydroxyl groups is 2. The van der Waals surface area contributed by atoms with E-state index in [9.17, 15) is 10.2 Å². The molecule has 0 bridgehead atoms. The SMILES string of the molecule is Cc1cc([C@@H](C)O)ccc1OCC(C)(O)C(C)C. The highest BCUT2D eigenvalue weighted by Gasteiger charge is 2.26. The molecule has 0 heterocycles. The molecule has 3 nitrogen and oxygen atoms in total. The number of hydrogen-bond donors (Lipinski definition) is 2. The van der Waals surface area contributed by atoms with Crippen LogP contribution >= 0.6 is 0 Å². The van der Waals surface area contributed by atoms with Gasteiger partial charge in [0.15, 0.2) is 0 Å². The van der Waals surface area contributed by atoms with Crippen LogP contribution in [0, 0.1) is 12.8 Å². The molecule has 0 aliphatic heterocycles. The smallest absolute Gasteiger partial charge is 0.122 e. The molecule has 0 spiro atoms. The fourth-order valence-electron chi connectivity index (χ4n) is 1.48. The van der Waals surface area contributed by atoms with Crippen molar-refractivity contribution in [3.05, 3.63) is 29.3 Å². The van der Waals surface area contributed by atoms with Crippen molar-refractivity contribution in [3.63, 3.8) is 0 Å². The first kappa shape index (κ1) is 15.0. The minimum Gasteiger partial charge on any atom is -0.490 e. The fraction of sp³-hybridized carbons (Fsp3) is 0.600. The Hall–Kier alpha value is -1.06. The molecule has 0 saturated carbocycles. The van der Waals surface area contributed by atoms with Crippen LogP contribution in [0.2, 0.25) is 0 Å². The van der Waals surface area contributed by atoms with Gasteiger partial charge in [-0.3, -0.25) is 0 Å². The summed E-state index contributed by atoms with van der Waals surface area (Å²) in [6.45, 7) is 9.64. The summed E-state index contributed by atoms with van der Waals surface area (Å²) in [5.41, 5.74) is 0.999. The Morgan fingerprint density at radius 1 is 1.28 bits per heavy atom. The van der Waals surface area contributed by atoms with Crippen LogP contribution in [-0.2, 0) is 0 Å². The number of rotatable bonds is 5. The van der Waals surface area contributed by atoms with E-state index in [1.807, 2.05) is 39.0 Å². The monoisotopic (exact) mass is 252 g/mol. The summed E-state index contributed by atoms with van der Waals surface area (Å²) < 4.78 is 5.67. The van der Waals surface area contributed by atoms with Gasteiger partial charge in [0.1, 0.15) is 12.4 Å². The second kappa shape index (κ2) is 5.72. The van der Waals surface area contributed by atoms with Gasteiger partial charge >= 0.3 is 0 Å². The van der Waals surface area contributed by atoms with Crippen LogP contribution in [0.5, 0.6) is 5.75 Å². The molecule has 102 valence electrons. The van der Waals surface area contributed by atoms with Crippen LogP contribution in [0.4, 0.5) is 0 Å². The fourth-order valence-corrected chi connectivity index (χ4v) is 1.48. The summed E-state index contributed by atoms with van der Waals surface area (Å²) in [6.07, 6.45) is -0.475. The average Bonchev–Trinajstić information content (AvgIpc) is 2.26. The third kappa shape index (κ3) is 3.72. The minimum absolute atomic E-state index is 0.134. The van der Waals surface area contributed by atoms with Gasteiger partial charge in [-0.15, -0.1) is 0 Å². The summed E-state index contributed by atoms with van der Waals surface area (Å²) in [5.74, 6) is 0.884. The Labute approximate surface area is 109 Å². The highest BCUT2D eigenvalue weighted by Crippen LogP contribution is 2.24. The summed E-state index contributed by atoms with van der Waals surface area (Å²) in [6, 6.07) is 5.59. The van der Waals surface area contributed by atoms with E-state index in [2.05, 4.69) is 0 Å². The van der Waals surface area contributed by atoms with Crippen LogP contribution in [0.15, 0.2) is 18.2 Å². The summed E-state index contributed by atoms with van der Waals surface area (Å²) in [7, 11) is 0. The van der Waals surface area contributed by atoms with Gasteiger partial charge in [0.05, 0.1) is 11.7 Å². The largest absolute Gasteiger partial charge is 0.490 e. The Morgan fingerprint density at radius 2 is 1.89 bits per heavy atom. The maximum absolute atomic E-state index is 10.1. The lowest BCUT2D eigenvalue weighted by Crippen LogP contribution is -2.37. The topological polar surface area (TPSA) is 49.7 Å². The molecule has 1 unspecified atom stereocenters. The third-order valence-corrected chi connectivity index (χ3v) is 3.45. The third-order valence-electron chi connectivity index (χ3n) is 3.45. The second-order valence-electron chi connectivity index (χ2n) is 5.50. The first-order valence-electron chi connectivity index (χ1n) is 6.38. The quantitative estimate of drug-likeness (QED) is 0.847. The summed E-state index contributed by atoms with van der Waals surface area (Å²) in [4.78, 5) is 0. The zero-order chi connectivity index (χ0) is 13.9. The van der Waals surface area contributed by atoms with Gasteiger partial charge in [-0.1, -0.05) is 19.9 Å². The molecule has 1 aromatic rings. The second-order valence-corrected chi connectivity index (χ2v) is 5.50. The molecule has 0 saturated heterocycles. The molecule has 0 aromatic heterocycles. The maximum Gasteiger partial charge on any atom is 0.122 e. The Balaban J connectivity index is 2.75. The number of aryl methyl sites for hydroxylation is 1. The molecule has 0 radical (unpaired) electrons. The number of ether oxygens (including phenoxy) is 1. The van der Waals surface area contributed by atoms with Crippen molar-refractivity contribution >= 4 is 0 Å². The lowest BCUT2D eigenvalue weighted by atomic mass is 9.94. The van der Waals surface area contributed by atoms with Gasteiger partial charge in [0.2, 0.25) is 0 Å². The predicted molar refractivity (Wildman–Crippen MR) is 72.8 cm³/mol. The molecule has 0 amide bonds. The highest BCUT2D eigenvalue weighted by molar-refractivity contribution is 5.37. The lowest BCUT2D eigenvalue weighted by Gasteiger charge is -2.27. The minimum atomic E-state index is -0.838. The molecule has 2 N–H and O–H groups in total. The number of aliphatic hydroxyl groups excluding tert-OH is 1. The van der Waals surface area contributed by atoms with Crippen molar-refractivity contribution in [2.45, 2.75) is 46.3 Å². The highest BCUT2D eigenvalue weighted by atomic mass is 16.5.